The number of hydrogen-bond donors (Lipinski definition) is 1. The van der Waals surface area contributed by atoms with Gasteiger partial charge in [-0.1, -0.05) is 6.07 Å². The van der Waals surface area contributed by atoms with Crippen LogP contribution in [0.2, 0.25) is 0 Å². The van der Waals surface area contributed by atoms with Crippen molar-refractivity contribution in [3.8, 4) is 17.2 Å². The van der Waals surface area contributed by atoms with Crippen LogP contribution in [0.1, 0.15) is 5.69 Å². The van der Waals surface area contributed by atoms with Gasteiger partial charge in [-0.15, -0.1) is 0 Å². The number of nitrogens with one attached hydrogen (secondary N) is 1. The van der Waals surface area contributed by atoms with Gasteiger partial charge < -0.3 is 19.5 Å². The molecule has 0 aliphatic heterocycles. The summed E-state index contributed by atoms with van der Waals surface area (Å²) in [6.07, 6.45) is 0. The van der Waals surface area contributed by atoms with Gasteiger partial charge in [0.25, 0.3) is 5.91 Å². The summed E-state index contributed by atoms with van der Waals surface area (Å²) in [6.45, 7) is 1.76. The van der Waals surface area contributed by atoms with Crippen LogP contribution in [0.3, 0.4) is 0 Å². The minimum Gasteiger partial charge on any atom is -0.497 e. The zero-order valence-electron chi connectivity index (χ0n) is 14.9. The van der Waals surface area contributed by atoms with E-state index in [2.05, 4.69) is 10.3 Å². The highest BCUT2D eigenvalue weighted by Gasteiger charge is 2.11. The van der Waals surface area contributed by atoms with Crippen molar-refractivity contribution < 1.29 is 19.0 Å². The Balaban J connectivity index is 1.73. The maximum absolute atomic E-state index is 12.2. The quantitative estimate of drug-likeness (QED) is 0.734. The molecule has 0 unspecified atom stereocenters. The third kappa shape index (κ3) is 3.85. The number of ether oxygens (including phenoxy) is 3. The highest BCUT2D eigenvalue weighted by molar-refractivity contribution is 5.93. The number of rotatable bonds is 6. The topological polar surface area (TPSA) is 69.7 Å². The Morgan fingerprint density at radius 1 is 1.04 bits per heavy atom. The lowest BCUT2D eigenvalue weighted by Gasteiger charge is -2.12. The summed E-state index contributed by atoms with van der Waals surface area (Å²) >= 11 is 0. The van der Waals surface area contributed by atoms with E-state index in [9.17, 15) is 4.79 Å². The van der Waals surface area contributed by atoms with Crippen molar-refractivity contribution >= 4 is 22.5 Å². The molecule has 1 N–H and O–H groups in total. The average molecular weight is 352 g/mol. The predicted molar refractivity (Wildman–Crippen MR) is 100 cm³/mol. The number of aryl methyl sites for hydroxylation is 1. The molecule has 6 heteroatoms. The van der Waals surface area contributed by atoms with Crippen molar-refractivity contribution in [3.63, 3.8) is 0 Å². The fraction of sp³-hybridized carbons (Fsp3) is 0.200. The van der Waals surface area contributed by atoms with E-state index in [0.29, 0.717) is 22.7 Å². The second-order valence-corrected chi connectivity index (χ2v) is 5.68. The van der Waals surface area contributed by atoms with Gasteiger partial charge in [0.2, 0.25) is 0 Å². The summed E-state index contributed by atoms with van der Waals surface area (Å²) in [5, 5.41) is 3.59. The minimum absolute atomic E-state index is 0.109. The van der Waals surface area contributed by atoms with Gasteiger partial charge in [-0.25, -0.2) is 4.98 Å². The lowest BCUT2D eigenvalue weighted by molar-refractivity contribution is -0.118. The molecular formula is C20H20N2O4. The minimum atomic E-state index is -0.249. The van der Waals surface area contributed by atoms with Gasteiger partial charge in [-0.05, 0) is 43.3 Å². The number of anilines is 1. The van der Waals surface area contributed by atoms with E-state index in [1.165, 1.54) is 0 Å². The average Bonchev–Trinajstić information content (AvgIpc) is 2.66. The first-order chi connectivity index (χ1) is 12.6. The molecule has 1 amide bonds. The number of carbonyl (C=O) groups is 1. The number of hydrogen-bond acceptors (Lipinski definition) is 5. The van der Waals surface area contributed by atoms with E-state index in [1.807, 2.05) is 31.2 Å². The molecule has 0 atom stereocenters. The van der Waals surface area contributed by atoms with E-state index >= 15 is 0 Å². The molecule has 0 spiro atoms. The number of pyridine rings is 1. The van der Waals surface area contributed by atoms with Crippen molar-refractivity contribution in [1.82, 2.24) is 4.98 Å². The normalized spacial score (nSPS) is 10.4. The van der Waals surface area contributed by atoms with E-state index in [-0.39, 0.29) is 12.5 Å². The van der Waals surface area contributed by atoms with E-state index in [1.54, 1.807) is 38.5 Å². The van der Waals surface area contributed by atoms with Crippen LogP contribution in [0.5, 0.6) is 17.2 Å². The molecule has 2 aromatic carbocycles. The smallest absolute Gasteiger partial charge is 0.262 e. The maximum atomic E-state index is 12.2. The molecule has 0 bridgehead atoms. The first-order valence-corrected chi connectivity index (χ1v) is 8.12. The van der Waals surface area contributed by atoms with Crippen molar-refractivity contribution in [2.75, 3.05) is 26.1 Å². The molecule has 0 aliphatic rings. The van der Waals surface area contributed by atoms with Crippen LogP contribution in [0.4, 0.5) is 5.69 Å². The lowest BCUT2D eigenvalue weighted by Crippen LogP contribution is -2.20. The summed E-state index contributed by atoms with van der Waals surface area (Å²) in [5.41, 5.74) is 2.17. The fourth-order valence-electron chi connectivity index (χ4n) is 2.61. The van der Waals surface area contributed by atoms with Crippen LogP contribution < -0.4 is 19.5 Å². The van der Waals surface area contributed by atoms with E-state index in [4.69, 9.17) is 14.2 Å². The van der Waals surface area contributed by atoms with Crippen molar-refractivity contribution in [3.05, 3.63) is 54.2 Å². The van der Waals surface area contributed by atoms with Crippen LogP contribution in [0.15, 0.2) is 48.5 Å². The molecule has 1 aromatic heterocycles. The van der Waals surface area contributed by atoms with Crippen molar-refractivity contribution in [2.45, 2.75) is 6.92 Å². The van der Waals surface area contributed by atoms with Gasteiger partial charge in [0.05, 0.1) is 14.2 Å². The Morgan fingerprint density at radius 3 is 2.50 bits per heavy atom. The number of para-hydroxylation sites is 1. The number of methoxy groups -OCH3 is 2. The van der Waals surface area contributed by atoms with E-state index in [0.717, 1.165) is 16.8 Å². The third-order valence-electron chi connectivity index (χ3n) is 3.85. The Kier molecular flexibility index (Phi) is 5.22. The largest absolute Gasteiger partial charge is 0.497 e. The molecule has 0 saturated heterocycles. The zero-order chi connectivity index (χ0) is 18.5. The molecule has 6 nitrogen and oxygen atoms in total. The predicted octanol–water partition coefficient (Wildman–Crippen LogP) is 3.58. The number of amides is 1. The van der Waals surface area contributed by atoms with Gasteiger partial charge in [-0.2, -0.15) is 0 Å². The Bertz CT molecular complexity index is 923. The highest BCUT2D eigenvalue weighted by Crippen LogP contribution is 2.31. The molecular weight excluding hydrogens is 332 g/mol. The summed E-state index contributed by atoms with van der Waals surface area (Å²) in [5.74, 6) is 1.74. The van der Waals surface area contributed by atoms with Crippen LogP contribution in [0, 0.1) is 6.92 Å². The number of nitrogens with zero attached hydrogens (tertiary/aromatic N) is 1. The molecule has 3 aromatic rings. The first-order valence-electron chi connectivity index (χ1n) is 8.12. The summed E-state index contributed by atoms with van der Waals surface area (Å²) in [4.78, 5) is 16.7. The van der Waals surface area contributed by atoms with Crippen molar-refractivity contribution in [2.24, 2.45) is 0 Å². The first kappa shape index (κ1) is 17.5. The number of benzene rings is 2. The van der Waals surface area contributed by atoms with Crippen LogP contribution in [0.25, 0.3) is 10.9 Å². The third-order valence-corrected chi connectivity index (χ3v) is 3.85. The molecule has 134 valence electrons. The molecule has 0 saturated carbocycles. The monoisotopic (exact) mass is 352 g/mol. The number of carbonyl (C=O) groups excluding carboxylic acids is 1. The molecule has 3 rings (SSSR count). The van der Waals surface area contributed by atoms with Crippen LogP contribution >= 0.6 is 0 Å². The van der Waals surface area contributed by atoms with Gasteiger partial charge in [0, 0.05) is 22.8 Å². The SMILES string of the molecule is COc1ccc(NC(=O)COc2cc(C)nc3c(OC)cccc23)cc1. The van der Waals surface area contributed by atoms with Crippen LogP contribution in [-0.2, 0) is 4.79 Å². The summed E-state index contributed by atoms with van der Waals surface area (Å²) < 4.78 is 16.2. The van der Waals surface area contributed by atoms with Crippen LogP contribution in [-0.4, -0.2) is 31.7 Å². The highest BCUT2D eigenvalue weighted by atomic mass is 16.5. The van der Waals surface area contributed by atoms with E-state index < -0.39 is 0 Å². The van der Waals surface area contributed by atoms with Gasteiger partial charge in [-0.3, -0.25) is 4.79 Å². The van der Waals surface area contributed by atoms with Gasteiger partial charge in [0.15, 0.2) is 6.61 Å². The van der Waals surface area contributed by atoms with Gasteiger partial charge >= 0.3 is 0 Å². The molecule has 26 heavy (non-hydrogen) atoms. The second-order valence-electron chi connectivity index (χ2n) is 5.68. The molecule has 0 aliphatic carbocycles. The number of aromatic nitrogens is 1. The Hall–Kier alpha value is -3.28. The standard InChI is InChI=1S/C20H20N2O4/c1-13-11-18(16-5-4-6-17(25-3)20(16)21-13)26-12-19(23)22-14-7-9-15(24-2)10-8-14/h4-11H,12H2,1-3H3,(H,22,23). The number of fused-ring (bicyclic) bond motifs is 1. The van der Waals surface area contributed by atoms with Crippen molar-refractivity contribution in [1.29, 1.82) is 0 Å². The zero-order valence-corrected chi connectivity index (χ0v) is 14.9. The molecule has 0 radical (unpaired) electrons. The summed E-state index contributed by atoms with van der Waals surface area (Å²) in [6, 6.07) is 14.5. The Morgan fingerprint density at radius 2 is 1.81 bits per heavy atom. The summed E-state index contributed by atoms with van der Waals surface area (Å²) in [7, 11) is 3.19. The maximum Gasteiger partial charge on any atom is 0.262 e. The second kappa shape index (κ2) is 7.74. The molecule has 0 fully saturated rings. The lowest BCUT2D eigenvalue weighted by atomic mass is 10.1. The Labute approximate surface area is 151 Å². The fourth-order valence-corrected chi connectivity index (χ4v) is 2.61. The molecule has 1 heterocycles. The van der Waals surface area contributed by atoms with Gasteiger partial charge in [0.1, 0.15) is 22.8 Å².